The maximum atomic E-state index is 9.64. The lowest BCUT2D eigenvalue weighted by Crippen LogP contribution is -2.78. The summed E-state index contributed by atoms with van der Waals surface area (Å²) in [6.45, 7) is 0. The number of halogens is 3. The minimum atomic E-state index is -1.67. The highest BCUT2D eigenvalue weighted by atomic mass is 35.5. The van der Waals surface area contributed by atoms with Crippen LogP contribution in [0.3, 0.4) is 0 Å². The van der Waals surface area contributed by atoms with Gasteiger partial charge in [0.05, 0.1) is 0 Å². The van der Waals surface area contributed by atoms with E-state index in [1.54, 1.807) is 44.6 Å². The fraction of sp³-hybridized carbons (Fsp3) is 0.667. The minimum absolute atomic E-state index is 0.108. The van der Waals surface area contributed by atoms with Crippen LogP contribution in [-0.4, -0.2) is 69.5 Å². The van der Waals surface area contributed by atoms with Crippen LogP contribution in [0.1, 0.15) is 75.3 Å². The molecule has 6 unspecified atom stereocenters. The number of hydrogen-bond donors (Lipinski definition) is 4. The Morgan fingerprint density at radius 3 is 1.47 bits per heavy atom. The van der Waals surface area contributed by atoms with Gasteiger partial charge in [-0.3, -0.25) is 0 Å². The molecule has 15 heteroatoms. The summed E-state index contributed by atoms with van der Waals surface area (Å²) < 4.78 is 11.9. The normalized spacial score (nSPS) is 46.5. The fourth-order valence-corrected chi connectivity index (χ4v) is 13.9. The van der Waals surface area contributed by atoms with E-state index < -0.39 is 37.0 Å². The van der Waals surface area contributed by atoms with Crippen LogP contribution in [-0.2, 0) is 40.6 Å². The van der Waals surface area contributed by atoms with Gasteiger partial charge in [0.2, 0.25) is 0 Å². The molecule has 10 nitrogen and oxygen atoms in total. The van der Waals surface area contributed by atoms with Gasteiger partial charge in [0.1, 0.15) is 0 Å². The summed E-state index contributed by atoms with van der Waals surface area (Å²) in [5.74, 6) is 0.251. The van der Waals surface area contributed by atoms with E-state index in [1.165, 1.54) is 0 Å². The Morgan fingerprint density at radius 1 is 0.627 bits per heavy atom. The molecule has 51 heavy (non-hydrogen) atoms. The summed E-state index contributed by atoms with van der Waals surface area (Å²) >= 11 is 19.9. The van der Waals surface area contributed by atoms with Crippen molar-refractivity contribution >= 4 is 60.0 Å². The Balaban J connectivity index is 0.000000137. The first-order valence-corrected chi connectivity index (χ1v) is 19.2. The molecule has 2 aromatic carbocycles. The van der Waals surface area contributed by atoms with Gasteiger partial charge in [0.15, 0.2) is 11.2 Å². The number of benzene rings is 2. The quantitative estimate of drug-likeness (QED) is 0.194. The van der Waals surface area contributed by atoms with E-state index >= 15 is 0 Å². The van der Waals surface area contributed by atoms with Crippen LogP contribution in [0.15, 0.2) is 42.5 Å². The summed E-state index contributed by atoms with van der Waals surface area (Å²) in [5, 5.41) is 38.6. The highest BCUT2D eigenvalue weighted by Gasteiger charge is 2.79. The molecule has 2 heterocycles. The molecule has 274 valence electrons. The van der Waals surface area contributed by atoms with Crippen molar-refractivity contribution in [2.24, 2.45) is 35.5 Å². The molecular formula is C36H43B2Cl3O10. The van der Waals surface area contributed by atoms with E-state index in [2.05, 4.69) is 0 Å². The third-order valence-corrected chi connectivity index (χ3v) is 15.3. The summed E-state index contributed by atoms with van der Waals surface area (Å²) in [6.07, 6.45) is 10.1. The summed E-state index contributed by atoms with van der Waals surface area (Å²) in [6, 6.07) is 12.2. The predicted molar refractivity (Wildman–Crippen MR) is 189 cm³/mol. The van der Waals surface area contributed by atoms with E-state index in [1.807, 2.05) is 12.1 Å². The van der Waals surface area contributed by atoms with Crippen LogP contribution in [0, 0.1) is 35.5 Å². The van der Waals surface area contributed by atoms with Gasteiger partial charge < -0.3 is 29.6 Å². The van der Waals surface area contributed by atoms with Gasteiger partial charge in [0, 0.05) is 45.6 Å². The molecule has 0 radical (unpaired) electrons. The molecule has 2 aromatic rings. The Bertz CT molecular complexity index is 1680. The standard InChI is InChI=1S/C18H21BCl2O5.C18H22BClO5/c1-24-18(11-2-3-15(20)14(6-11)19(22)23)17(25-26-18)12-4-10-5-13(17)9-16(21,7-10)8-12;1-23-18(12-3-2-4-15(7-12)19(21)22)17(24-25-18)13-5-11-6-14(17)10-16(20,8-11)9-13/h2-3,6,10,12-13,22-23H,4-5,7-9H2,1H3;2-4,7,11,13-14,21-22H,5-6,8-10H2,1H3. The van der Waals surface area contributed by atoms with E-state index in [0.717, 1.165) is 69.8 Å². The van der Waals surface area contributed by atoms with Crippen molar-refractivity contribution in [1.82, 2.24) is 0 Å². The van der Waals surface area contributed by atoms with Crippen molar-refractivity contribution in [1.29, 1.82) is 0 Å². The van der Waals surface area contributed by atoms with Crippen LogP contribution in [0.2, 0.25) is 5.02 Å². The van der Waals surface area contributed by atoms with Crippen molar-refractivity contribution in [3.8, 4) is 0 Å². The zero-order chi connectivity index (χ0) is 35.8. The van der Waals surface area contributed by atoms with Crippen molar-refractivity contribution < 1.29 is 49.1 Å². The van der Waals surface area contributed by atoms with Gasteiger partial charge in [-0.1, -0.05) is 48.0 Å². The largest absolute Gasteiger partial charge is 0.489 e. The summed E-state index contributed by atoms with van der Waals surface area (Å²) in [7, 11) is 0.0388. The van der Waals surface area contributed by atoms with Gasteiger partial charge in [-0.05, 0) is 111 Å². The molecule has 12 rings (SSSR count). The van der Waals surface area contributed by atoms with Crippen LogP contribution >= 0.6 is 34.8 Å². The molecule has 2 spiro atoms. The lowest BCUT2D eigenvalue weighted by molar-refractivity contribution is -0.645. The third kappa shape index (κ3) is 4.82. The average molecular weight is 764 g/mol. The van der Waals surface area contributed by atoms with Crippen LogP contribution < -0.4 is 10.9 Å². The molecule has 6 atom stereocenters. The monoisotopic (exact) mass is 762 g/mol. The molecule has 8 aliphatic carbocycles. The minimum Gasteiger partial charge on any atom is -0.423 e. The molecule has 2 aliphatic heterocycles. The second-order valence-corrected chi connectivity index (χ2v) is 18.7. The van der Waals surface area contributed by atoms with Crippen LogP contribution in [0.25, 0.3) is 0 Å². The summed E-state index contributed by atoms with van der Waals surface area (Å²) in [5.41, 5.74) is 0.956. The first kappa shape index (κ1) is 35.7. The molecule has 0 aromatic heterocycles. The van der Waals surface area contributed by atoms with E-state index in [9.17, 15) is 20.1 Å². The molecule has 0 amide bonds. The van der Waals surface area contributed by atoms with Gasteiger partial charge in [-0.15, -0.1) is 23.2 Å². The predicted octanol–water partition coefficient (Wildman–Crippen LogP) is 4.02. The number of hydrogen-bond acceptors (Lipinski definition) is 10. The molecule has 2 saturated heterocycles. The maximum absolute atomic E-state index is 9.64. The number of methoxy groups -OCH3 is 2. The highest BCUT2D eigenvalue weighted by molar-refractivity contribution is 6.62. The van der Waals surface area contributed by atoms with Gasteiger partial charge in [-0.2, -0.15) is 9.78 Å². The lowest BCUT2D eigenvalue weighted by atomic mass is 9.46. The summed E-state index contributed by atoms with van der Waals surface area (Å²) in [4.78, 5) is 22.9. The zero-order valence-electron chi connectivity index (χ0n) is 28.6. The van der Waals surface area contributed by atoms with Gasteiger partial charge in [-0.25, -0.2) is 9.78 Å². The molecule has 8 saturated carbocycles. The van der Waals surface area contributed by atoms with Crippen molar-refractivity contribution in [2.75, 3.05) is 14.2 Å². The number of ether oxygens (including phenoxy) is 2. The van der Waals surface area contributed by atoms with Crippen molar-refractivity contribution in [3.05, 3.63) is 58.6 Å². The Labute approximate surface area is 313 Å². The lowest BCUT2D eigenvalue weighted by Gasteiger charge is -2.70. The average Bonchev–Trinajstić information content (AvgIpc) is 3.04. The topological polar surface area (TPSA) is 136 Å². The first-order valence-electron chi connectivity index (χ1n) is 18.1. The highest BCUT2D eigenvalue weighted by Crippen LogP contribution is 2.72. The second-order valence-electron chi connectivity index (χ2n) is 16.7. The van der Waals surface area contributed by atoms with Crippen LogP contribution in [0.4, 0.5) is 0 Å². The fourth-order valence-electron chi connectivity index (χ4n) is 12.5. The molecular weight excluding hydrogens is 720 g/mol. The number of rotatable bonds is 6. The Morgan fingerprint density at radius 2 is 1.10 bits per heavy atom. The Hall–Kier alpha value is -0.960. The SMILES string of the molecule is COC1(c2ccc(Cl)c(B(O)O)c2)OOC12C1CC3CC2CC(Cl)(C3)C1.COC1(c2cccc(B(O)O)c2)OOC12C1CC3CC2CC(Cl)(C3)C1. The van der Waals surface area contributed by atoms with Gasteiger partial charge >= 0.3 is 14.2 Å². The first-order chi connectivity index (χ1) is 24.3. The molecule has 10 fully saturated rings. The van der Waals surface area contributed by atoms with Crippen LogP contribution in [0.5, 0.6) is 0 Å². The second kappa shape index (κ2) is 12.0. The Kier molecular flexibility index (Phi) is 8.42. The molecule has 8 bridgehead atoms. The molecule has 4 N–H and O–H groups in total. The van der Waals surface area contributed by atoms with E-state index in [-0.39, 0.29) is 43.9 Å². The number of alkyl halides is 2. The smallest absolute Gasteiger partial charge is 0.423 e. The maximum Gasteiger partial charge on any atom is 0.489 e. The van der Waals surface area contributed by atoms with Gasteiger partial charge in [0.25, 0.3) is 11.6 Å². The van der Waals surface area contributed by atoms with E-state index in [4.69, 9.17) is 63.8 Å². The van der Waals surface area contributed by atoms with Crippen molar-refractivity contribution in [3.63, 3.8) is 0 Å². The third-order valence-electron chi connectivity index (χ3n) is 14.1. The zero-order valence-corrected chi connectivity index (χ0v) is 30.9. The van der Waals surface area contributed by atoms with E-state index in [0.29, 0.717) is 22.9 Å². The van der Waals surface area contributed by atoms with Crippen molar-refractivity contribution in [2.45, 2.75) is 96.7 Å². The molecule has 10 aliphatic rings.